The zero-order chi connectivity index (χ0) is 17.9. The van der Waals surface area contributed by atoms with E-state index in [0.717, 1.165) is 24.8 Å². The van der Waals surface area contributed by atoms with Crippen LogP contribution in [0.5, 0.6) is 5.75 Å². The third kappa shape index (κ3) is 2.12. The normalized spacial score (nSPS) is 35.4. The molecule has 0 radical (unpaired) electrons. The smallest absolute Gasteiger partial charge is 0.312 e. The molecule has 1 aromatic carbocycles. The number of hydrogen-bond acceptors (Lipinski definition) is 3. The summed E-state index contributed by atoms with van der Waals surface area (Å²) in [4.78, 5) is 12.0. The largest absolute Gasteiger partial charge is 0.508 e. The van der Waals surface area contributed by atoms with E-state index < -0.39 is 17.5 Å². The van der Waals surface area contributed by atoms with Crippen LogP contribution in [0.4, 0.5) is 0 Å². The average Bonchev–Trinajstić information content (AvgIpc) is 2.50. The summed E-state index contributed by atoms with van der Waals surface area (Å²) in [5.41, 5.74) is 1.94. The number of phenols is 1. The Morgan fingerprint density at radius 1 is 1.25 bits per heavy atom. The van der Waals surface area contributed by atoms with Gasteiger partial charge in [0.1, 0.15) is 5.75 Å². The van der Waals surface area contributed by atoms with Crippen molar-refractivity contribution in [3.05, 3.63) is 28.8 Å². The lowest BCUT2D eigenvalue weighted by Gasteiger charge is -2.55. The van der Waals surface area contributed by atoms with Crippen molar-refractivity contribution in [2.75, 3.05) is 0 Å². The first-order valence-corrected chi connectivity index (χ1v) is 8.90. The van der Waals surface area contributed by atoms with E-state index >= 15 is 0 Å². The molecule has 132 valence electrons. The van der Waals surface area contributed by atoms with Crippen LogP contribution in [0.1, 0.15) is 69.6 Å². The zero-order valence-corrected chi connectivity index (χ0v) is 15.0. The number of aliphatic carboxylic acids is 1. The first kappa shape index (κ1) is 17.3. The summed E-state index contributed by atoms with van der Waals surface area (Å²) < 4.78 is 0. The lowest BCUT2D eigenvalue weighted by molar-refractivity contribution is -0.171. The Morgan fingerprint density at radius 3 is 2.50 bits per heavy atom. The minimum absolute atomic E-state index is 0.108. The van der Waals surface area contributed by atoms with Gasteiger partial charge in [0, 0.05) is 0 Å². The number of aliphatic hydroxyl groups is 1. The van der Waals surface area contributed by atoms with Gasteiger partial charge in [-0.1, -0.05) is 26.8 Å². The first-order chi connectivity index (χ1) is 11.1. The van der Waals surface area contributed by atoms with E-state index in [2.05, 4.69) is 20.8 Å². The monoisotopic (exact) mass is 332 g/mol. The van der Waals surface area contributed by atoms with Crippen molar-refractivity contribution in [3.63, 3.8) is 0 Å². The molecule has 0 aromatic heterocycles. The summed E-state index contributed by atoms with van der Waals surface area (Å²) >= 11 is 0. The van der Waals surface area contributed by atoms with E-state index in [9.17, 15) is 20.1 Å². The number of carboxylic acid groups (broad SMARTS) is 1. The molecule has 0 bridgehead atoms. The Morgan fingerprint density at radius 2 is 1.92 bits per heavy atom. The van der Waals surface area contributed by atoms with E-state index in [1.807, 2.05) is 6.07 Å². The number of phenolic OH excluding ortho intramolecular Hbond substituents is 1. The van der Waals surface area contributed by atoms with Gasteiger partial charge in [-0.2, -0.15) is 0 Å². The molecule has 4 heteroatoms. The van der Waals surface area contributed by atoms with Crippen molar-refractivity contribution in [3.8, 4) is 5.75 Å². The summed E-state index contributed by atoms with van der Waals surface area (Å²) in [5.74, 6) is -0.455. The number of rotatable bonds is 2. The summed E-state index contributed by atoms with van der Waals surface area (Å²) in [5, 5.41) is 30.6. The molecule has 1 unspecified atom stereocenters. The summed E-state index contributed by atoms with van der Waals surface area (Å²) in [7, 11) is 0. The molecule has 3 rings (SSSR count). The first-order valence-electron chi connectivity index (χ1n) is 8.90. The fraction of sp³-hybridized carbons (Fsp3) is 0.650. The molecular formula is C20H28O4. The molecule has 4 atom stereocenters. The Kier molecular flexibility index (Phi) is 3.95. The highest BCUT2D eigenvalue weighted by Crippen LogP contribution is 2.58. The number of fused-ring (bicyclic) bond motifs is 3. The van der Waals surface area contributed by atoms with E-state index in [-0.39, 0.29) is 17.3 Å². The SMILES string of the molecule is CC(C)c1c(O)ccc2c1CC[C@H]1[C@@](C)(C(=O)O)C(O)CC[C@]21C. The van der Waals surface area contributed by atoms with Gasteiger partial charge >= 0.3 is 5.97 Å². The molecule has 1 aromatic rings. The summed E-state index contributed by atoms with van der Waals surface area (Å²) in [6, 6.07) is 3.73. The predicted octanol–water partition coefficient (Wildman–Crippen LogP) is 3.58. The second kappa shape index (κ2) is 5.48. The molecule has 1 saturated carbocycles. The summed E-state index contributed by atoms with van der Waals surface area (Å²) in [6.07, 6.45) is 1.94. The van der Waals surface area contributed by atoms with Gasteiger partial charge in [-0.25, -0.2) is 0 Å². The van der Waals surface area contributed by atoms with Gasteiger partial charge in [0.05, 0.1) is 11.5 Å². The van der Waals surface area contributed by atoms with E-state index in [1.54, 1.807) is 13.0 Å². The van der Waals surface area contributed by atoms with Gasteiger partial charge < -0.3 is 15.3 Å². The van der Waals surface area contributed by atoms with E-state index in [4.69, 9.17) is 0 Å². The van der Waals surface area contributed by atoms with Crippen molar-refractivity contribution in [1.82, 2.24) is 0 Å². The Labute approximate surface area is 143 Å². The number of carboxylic acids is 1. The van der Waals surface area contributed by atoms with Gasteiger partial charge in [0.25, 0.3) is 0 Å². The third-order valence-corrected chi connectivity index (χ3v) is 6.79. The maximum atomic E-state index is 12.0. The quantitative estimate of drug-likeness (QED) is 0.773. The molecule has 1 fully saturated rings. The van der Waals surface area contributed by atoms with Crippen molar-refractivity contribution in [2.45, 2.75) is 70.8 Å². The zero-order valence-electron chi connectivity index (χ0n) is 15.0. The minimum atomic E-state index is -1.12. The van der Waals surface area contributed by atoms with Gasteiger partial charge in [-0.05, 0) is 72.6 Å². The lowest BCUT2D eigenvalue weighted by atomic mass is 9.48. The number of benzene rings is 1. The average molecular weight is 332 g/mol. The second-order valence-corrected chi connectivity index (χ2v) is 8.33. The Hall–Kier alpha value is -1.55. The molecule has 0 heterocycles. The number of aliphatic hydroxyl groups excluding tert-OH is 1. The van der Waals surface area contributed by atoms with E-state index in [0.29, 0.717) is 12.2 Å². The molecular weight excluding hydrogens is 304 g/mol. The van der Waals surface area contributed by atoms with Crippen LogP contribution in [0.3, 0.4) is 0 Å². The van der Waals surface area contributed by atoms with Crippen LogP contribution in [0.25, 0.3) is 0 Å². The molecule has 3 N–H and O–H groups in total. The van der Waals surface area contributed by atoms with Gasteiger partial charge in [0.15, 0.2) is 0 Å². The molecule has 2 aliphatic rings. The van der Waals surface area contributed by atoms with Crippen LogP contribution in [-0.4, -0.2) is 27.4 Å². The highest BCUT2D eigenvalue weighted by molar-refractivity contribution is 5.76. The number of aromatic hydroxyl groups is 1. The number of hydrogen-bond donors (Lipinski definition) is 3. The van der Waals surface area contributed by atoms with Crippen LogP contribution < -0.4 is 0 Å². The van der Waals surface area contributed by atoms with E-state index in [1.165, 1.54) is 11.1 Å². The van der Waals surface area contributed by atoms with Crippen LogP contribution in [0, 0.1) is 11.3 Å². The van der Waals surface area contributed by atoms with Crippen LogP contribution in [0.15, 0.2) is 12.1 Å². The fourth-order valence-corrected chi connectivity index (χ4v) is 5.43. The van der Waals surface area contributed by atoms with Crippen LogP contribution in [-0.2, 0) is 16.6 Å². The second-order valence-electron chi connectivity index (χ2n) is 8.33. The molecule has 0 aliphatic heterocycles. The van der Waals surface area contributed by atoms with Crippen molar-refractivity contribution >= 4 is 5.97 Å². The third-order valence-electron chi connectivity index (χ3n) is 6.79. The molecule has 0 saturated heterocycles. The van der Waals surface area contributed by atoms with Crippen molar-refractivity contribution in [2.24, 2.45) is 11.3 Å². The van der Waals surface area contributed by atoms with Gasteiger partial charge in [-0.15, -0.1) is 0 Å². The van der Waals surface area contributed by atoms with Crippen molar-refractivity contribution in [1.29, 1.82) is 0 Å². The minimum Gasteiger partial charge on any atom is -0.508 e. The van der Waals surface area contributed by atoms with Crippen molar-refractivity contribution < 1.29 is 20.1 Å². The molecule has 0 amide bonds. The van der Waals surface area contributed by atoms with Crippen LogP contribution in [0.2, 0.25) is 0 Å². The molecule has 4 nitrogen and oxygen atoms in total. The standard InChI is InChI=1S/C20H28O4/c1-11(2)17-12-5-8-15-19(3,13(12)6-7-14(17)21)10-9-16(22)20(15,4)18(23)24/h6-7,11,15-16,21-22H,5,8-10H2,1-4H3,(H,23,24)/t15-,16?,19-,20-/m1/s1. The molecule has 24 heavy (non-hydrogen) atoms. The topological polar surface area (TPSA) is 77.8 Å². The highest BCUT2D eigenvalue weighted by atomic mass is 16.4. The van der Waals surface area contributed by atoms with Crippen LogP contribution >= 0.6 is 0 Å². The molecule has 2 aliphatic carbocycles. The fourth-order valence-electron chi connectivity index (χ4n) is 5.43. The Balaban J connectivity index is 2.19. The highest BCUT2D eigenvalue weighted by Gasteiger charge is 2.59. The maximum absolute atomic E-state index is 12.0. The maximum Gasteiger partial charge on any atom is 0.312 e. The molecule has 0 spiro atoms. The number of carbonyl (C=O) groups is 1. The predicted molar refractivity (Wildman–Crippen MR) is 92.3 cm³/mol. The van der Waals surface area contributed by atoms with Gasteiger partial charge in [-0.3, -0.25) is 4.79 Å². The lowest BCUT2D eigenvalue weighted by Crippen LogP contribution is -2.58. The van der Waals surface area contributed by atoms with Gasteiger partial charge in [0.2, 0.25) is 0 Å². The summed E-state index contributed by atoms with van der Waals surface area (Å²) in [6.45, 7) is 8.01. The Bertz CT molecular complexity index is 680.